The van der Waals surface area contributed by atoms with Gasteiger partial charge in [0, 0.05) is 24.6 Å². The third-order valence-corrected chi connectivity index (χ3v) is 3.21. The number of rotatable bonds is 6. The standard InChI is InChI=1S/C13H18ClNO3/c1-16-5-6-17-13-11(15)8-12(13)18-10-4-2-3-9(14)7-10/h2-4,7,11-13H,5-6,8,15H2,1H3. The summed E-state index contributed by atoms with van der Waals surface area (Å²) in [4.78, 5) is 0. The van der Waals surface area contributed by atoms with Crippen molar-refractivity contribution in [1.29, 1.82) is 0 Å². The Morgan fingerprint density at radius 3 is 2.89 bits per heavy atom. The second-order valence-electron chi connectivity index (χ2n) is 4.34. The first-order valence-electron chi connectivity index (χ1n) is 5.99. The van der Waals surface area contributed by atoms with Gasteiger partial charge in [0.25, 0.3) is 0 Å². The molecule has 1 aliphatic rings. The molecule has 3 atom stereocenters. The Labute approximate surface area is 112 Å². The molecule has 0 amide bonds. The molecule has 0 heterocycles. The van der Waals surface area contributed by atoms with Crippen LogP contribution in [0.4, 0.5) is 0 Å². The third kappa shape index (κ3) is 3.36. The van der Waals surface area contributed by atoms with Gasteiger partial charge in [0.2, 0.25) is 0 Å². The second-order valence-corrected chi connectivity index (χ2v) is 4.78. The molecular weight excluding hydrogens is 254 g/mol. The molecule has 1 aromatic rings. The first-order valence-corrected chi connectivity index (χ1v) is 6.37. The number of nitrogens with two attached hydrogens (primary N) is 1. The molecule has 2 rings (SSSR count). The molecule has 1 fully saturated rings. The van der Waals surface area contributed by atoms with Crippen molar-refractivity contribution < 1.29 is 14.2 Å². The topological polar surface area (TPSA) is 53.7 Å². The van der Waals surface area contributed by atoms with Crippen LogP contribution in [0.2, 0.25) is 5.02 Å². The Kier molecular flexibility index (Phi) is 4.83. The fourth-order valence-corrected chi connectivity index (χ4v) is 2.13. The van der Waals surface area contributed by atoms with Gasteiger partial charge in [0.15, 0.2) is 0 Å². The minimum Gasteiger partial charge on any atom is -0.488 e. The average molecular weight is 272 g/mol. The summed E-state index contributed by atoms with van der Waals surface area (Å²) in [6.45, 7) is 1.09. The van der Waals surface area contributed by atoms with Gasteiger partial charge in [0.05, 0.1) is 13.2 Å². The van der Waals surface area contributed by atoms with Crippen molar-refractivity contribution >= 4 is 11.6 Å². The van der Waals surface area contributed by atoms with Crippen molar-refractivity contribution in [3.05, 3.63) is 29.3 Å². The maximum atomic E-state index is 5.91. The molecule has 0 saturated heterocycles. The van der Waals surface area contributed by atoms with Crippen LogP contribution in [0.15, 0.2) is 24.3 Å². The lowest BCUT2D eigenvalue weighted by Gasteiger charge is -2.41. The van der Waals surface area contributed by atoms with Crippen LogP contribution in [0.3, 0.4) is 0 Å². The second kappa shape index (κ2) is 6.38. The van der Waals surface area contributed by atoms with Crippen LogP contribution < -0.4 is 10.5 Å². The molecule has 0 radical (unpaired) electrons. The van der Waals surface area contributed by atoms with E-state index < -0.39 is 0 Å². The molecule has 0 bridgehead atoms. The van der Waals surface area contributed by atoms with Crippen LogP contribution in [0.1, 0.15) is 6.42 Å². The molecule has 4 nitrogen and oxygen atoms in total. The Bertz CT molecular complexity index is 388. The molecule has 2 N–H and O–H groups in total. The fraction of sp³-hybridized carbons (Fsp3) is 0.538. The average Bonchev–Trinajstić information content (AvgIpc) is 2.34. The van der Waals surface area contributed by atoms with E-state index in [2.05, 4.69) is 0 Å². The van der Waals surface area contributed by atoms with Gasteiger partial charge in [-0.2, -0.15) is 0 Å². The van der Waals surface area contributed by atoms with E-state index in [1.807, 2.05) is 18.2 Å². The molecular formula is C13H18ClNO3. The van der Waals surface area contributed by atoms with Gasteiger partial charge in [0.1, 0.15) is 18.0 Å². The highest BCUT2D eigenvalue weighted by Gasteiger charge is 2.41. The summed E-state index contributed by atoms with van der Waals surface area (Å²) in [6.07, 6.45) is 0.721. The lowest BCUT2D eigenvalue weighted by molar-refractivity contribution is -0.107. The highest BCUT2D eigenvalue weighted by Crippen LogP contribution is 2.28. The summed E-state index contributed by atoms with van der Waals surface area (Å²) < 4.78 is 16.4. The zero-order valence-electron chi connectivity index (χ0n) is 10.3. The summed E-state index contributed by atoms with van der Waals surface area (Å²) in [5, 5.41) is 0.660. The lowest BCUT2D eigenvalue weighted by atomic mass is 9.86. The Hall–Kier alpha value is -0.810. The van der Waals surface area contributed by atoms with Crippen LogP contribution in [0.5, 0.6) is 5.75 Å². The van der Waals surface area contributed by atoms with Gasteiger partial charge in [-0.1, -0.05) is 17.7 Å². The Morgan fingerprint density at radius 1 is 1.39 bits per heavy atom. The first kappa shape index (κ1) is 13.6. The quantitative estimate of drug-likeness (QED) is 0.803. The van der Waals surface area contributed by atoms with Crippen LogP contribution in [-0.4, -0.2) is 38.6 Å². The van der Waals surface area contributed by atoms with E-state index in [0.29, 0.717) is 18.2 Å². The summed E-state index contributed by atoms with van der Waals surface area (Å²) >= 11 is 5.90. The van der Waals surface area contributed by atoms with Crippen LogP contribution in [-0.2, 0) is 9.47 Å². The van der Waals surface area contributed by atoms with Gasteiger partial charge < -0.3 is 19.9 Å². The SMILES string of the molecule is COCCOC1C(N)CC1Oc1cccc(Cl)c1. The smallest absolute Gasteiger partial charge is 0.128 e. The van der Waals surface area contributed by atoms with E-state index in [-0.39, 0.29) is 18.2 Å². The summed E-state index contributed by atoms with van der Waals surface area (Å²) in [6, 6.07) is 7.37. The molecule has 0 spiro atoms. The van der Waals surface area contributed by atoms with E-state index in [1.165, 1.54) is 0 Å². The van der Waals surface area contributed by atoms with Crippen molar-refractivity contribution in [1.82, 2.24) is 0 Å². The first-order chi connectivity index (χ1) is 8.70. The van der Waals surface area contributed by atoms with Crippen molar-refractivity contribution in [3.8, 4) is 5.75 Å². The number of halogens is 1. The zero-order valence-corrected chi connectivity index (χ0v) is 11.1. The fourth-order valence-electron chi connectivity index (χ4n) is 1.95. The van der Waals surface area contributed by atoms with E-state index in [1.54, 1.807) is 13.2 Å². The van der Waals surface area contributed by atoms with E-state index in [0.717, 1.165) is 12.2 Å². The number of benzene rings is 1. The monoisotopic (exact) mass is 271 g/mol. The Balaban J connectivity index is 1.85. The molecule has 0 aliphatic heterocycles. The number of hydrogen-bond acceptors (Lipinski definition) is 4. The summed E-state index contributed by atoms with van der Waals surface area (Å²) in [7, 11) is 1.64. The highest BCUT2D eigenvalue weighted by molar-refractivity contribution is 6.30. The van der Waals surface area contributed by atoms with Gasteiger partial charge >= 0.3 is 0 Å². The van der Waals surface area contributed by atoms with Gasteiger partial charge in [-0.25, -0.2) is 0 Å². The van der Waals surface area contributed by atoms with Gasteiger partial charge in [-0.15, -0.1) is 0 Å². The zero-order chi connectivity index (χ0) is 13.0. The summed E-state index contributed by atoms with van der Waals surface area (Å²) in [5.41, 5.74) is 5.91. The molecule has 100 valence electrons. The summed E-state index contributed by atoms with van der Waals surface area (Å²) in [5.74, 6) is 0.750. The van der Waals surface area contributed by atoms with Crippen molar-refractivity contribution in [2.24, 2.45) is 5.73 Å². The number of ether oxygens (including phenoxy) is 3. The normalized spacial score (nSPS) is 26.7. The van der Waals surface area contributed by atoms with Crippen molar-refractivity contribution in [2.75, 3.05) is 20.3 Å². The van der Waals surface area contributed by atoms with Crippen molar-refractivity contribution in [3.63, 3.8) is 0 Å². The molecule has 1 aromatic carbocycles. The van der Waals surface area contributed by atoms with Crippen molar-refractivity contribution in [2.45, 2.75) is 24.7 Å². The van der Waals surface area contributed by atoms with E-state index >= 15 is 0 Å². The molecule has 18 heavy (non-hydrogen) atoms. The van der Waals surface area contributed by atoms with E-state index in [9.17, 15) is 0 Å². The van der Waals surface area contributed by atoms with Crippen LogP contribution >= 0.6 is 11.6 Å². The molecule has 0 aromatic heterocycles. The Morgan fingerprint density at radius 2 is 2.22 bits per heavy atom. The third-order valence-electron chi connectivity index (χ3n) is 2.97. The lowest BCUT2D eigenvalue weighted by Crippen LogP contribution is -2.59. The predicted molar refractivity (Wildman–Crippen MR) is 70.1 cm³/mol. The maximum Gasteiger partial charge on any atom is 0.128 e. The minimum atomic E-state index is -0.0702. The number of hydrogen-bond donors (Lipinski definition) is 1. The maximum absolute atomic E-state index is 5.91. The van der Waals surface area contributed by atoms with Gasteiger partial charge in [-0.3, -0.25) is 0 Å². The minimum absolute atomic E-state index is 0.00433. The molecule has 5 heteroatoms. The predicted octanol–water partition coefficient (Wildman–Crippen LogP) is 1.85. The van der Waals surface area contributed by atoms with Gasteiger partial charge in [-0.05, 0) is 18.2 Å². The molecule has 1 saturated carbocycles. The molecule has 1 aliphatic carbocycles. The van der Waals surface area contributed by atoms with E-state index in [4.69, 9.17) is 31.5 Å². The highest BCUT2D eigenvalue weighted by atomic mass is 35.5. The number of methoxy groups -OCH3 is 1. The van der Waals surface area contributed by atoms with Crippen LogP contribution in [0, 0.1) is 0 Å². The molecule has 3 unspecified atom stereocenters. The largest absolute Gasteiger partial charge is 0.488 e. The van der Waals surface area contributed by atoms with Crippen LogP contribution in [0.25, 0.3) is 0 Å².